The van der Waals surface area contributed by atoms with Crippen molar-refractivity contribution in [3.8, 4) is 10.6 Å². The third-order valence-electron chi connectivity index (χ3n) is 5.08. The van der Waals surface area contributed by atoms with Crippen molar-refractivity contribution in [2.24, 2.45) is 0 Å². The second kappa shape index (κ2) is 8.17. The van der Waals surface area contributed by atoms with Gasteiger partial charge in [-0.2, -0.15) is 0 Å². The summed E-state index contributed by atoms with van der Waals surface area (Å²) in [7, 11) is 0. The van der Waals surface area contributed by atoms with E-state index in [0.29, 0.717) is 23.7 Å². The predicted octanol–water partition coefficient (Wildman–Crippen LogP) is 4.25. The number of aromatic nitrogens is 1. The van der Waals surface area contributed by atoms with Crippen molar-refractivity contribution in [1.29, 1.82) is 0 Å². The third-order valence-corrected chi connectivity index (χ3v) is 6.26. The maximum absolute atomic E-state index is 12.8. The van der Waals surface area contributed by atoms with Crippen LogP contribution in [-0.4, -0.2) is 34.4 Å². The lowest BCUT2D eigenvalue weighted by Gasteiger charge is -2.30. The molecule has 5 nitrogen and oxygen atoms in total. The van der Waals surface area contributed by atoms with Gasteiger partial charge in [0, 0.05) is 18.7 Å². The standard InChI is InChI=1S/C23H22N2O3S/c1-15-20(29-21(24-15)18-9-4-3-5-10-18)23(27)28-16(2)22(26)25-13-12-17-8-6-7-11-19(17)14-25/h3-11,16H,12-14H2,1-2H3/t16-/m0/s1. The third kappa shape index (κ3) is 4.07. The van der Waals surface area contributed by atoms with E-state index in [1.807, 2.05) is 48.5 Å². The first-order valence-electron chi connectivity index (χ1n) is 9.62. The molecule has 1 aliphatic rings. The van der Waals surface area contributed by atoms with E-state index in [1.54, 1.807) is 18.7 Å². The Labute approximate surface area is 174 Å². The van der Waals surface area contributed by atoms with E-state index in [2.05, 4.69) is 11.1 Å². The second-order valence-electron chi connectivity index (χ2n) is 7.13. The lowest BCUT2D eigenvalue weighted by molar-refractivity contribution is -0.140. The number of carbonyl (C=O) groups is 2. The average molecular weight is 407 g/mol. The van der Waals surface area contributed by atoms with Gasteiger partial charge in [-0.3, -0.25) is 4.79 Å². The highest BCUT2D eigenvalue weighted by Crippen LogP contribution is 2.28. The van der Waals surface area contributed by atoms with Crippen LogP contribution in [0.15, 0.2) is 54.6 Å². The van der Waals surface area contributed by atoms with Crippen LogP contribution in [0, 0.1) is 6.92 Å². The molecular formula is C23H22N2O3S. The highest BCUT2D eigenvalue weighted by atomic mass is 32.1. The Bertz CT molecular complexity index is 1050. The molecule has 0 saturated heterocycles. The van der Waals surface area contributed by atoms with Gasteiger partial charge in [0.15, 0.2) is 6.10 Å². The van der Waals surface area contributed by atoms with Gasteiger partial charge in [0.25, 0.3) is 5.91 Å². The topological polar surface area (TPSA) is 59.5 Å². The highest BCUT2D eigenvalue weighted by Gasteiger charge is 2.28. The van der Waals surface area contributed by atoms with Gasteiger partial charge in [0.1, 0.15) is 9.88 Å². The van der Waals surface area contributed by atoms with E-state index in [9.17, 15) is 9.59 Å². The zero-order valence-corrected chi connectivity index (χ0v) is 17.2. The number of benzene rings is 2. The normalized spacial score (nSPS) is 14.2. The molecule has 0 N–H and O–H groups in total. The maximum atomic E-state index is 12.8. The number of esters is 1. The summed E-state index contributed by atoms with van der Waals surface area (Å²) in [6, 6.07) is 17.8. The van der Waals surface area contributed by atoms with E-state index >= 15 is 0 Å². The molecule has 0 unspecified atom stereocenters. The minimum absolute atomic E-state index is 0.168. The van der Waals surface area contributed by atoms with Crippen molar-refractivity contribution >= 4 is 23.2 Å². The van der Waals surface area contributed by atoms with Crippen molar-refractivity contribution in [1.82, 2.24) is 9.88 Å². The van der Waals surface area contributed by atoms with Crippen molar-refractivity contribution in [3.05, 3.63) is 76.3 Å². The minimum Gasteiger partial charge on any atom is -0.448 e. The Morgan fingerprint density at radius 3 is 2.52 bits per heavy atom. The number of carbonyl (C=O) groups excluding carboxylic acids is 2. The molecule has 29 heavy (non-hydrogen) atoms. The Kier molecular flexibility index (Phi) is 5.45. The zero-order chi connectivity index (χ0) is 20.4. The number of amides is 1. The summed E-state index contributed by atoms with van der Waals surface area (Å²) in [5.41, 5.74) is 3.99. The van der Waals surface area contributed by atoms with Gasteiger partial charge in [-0.15, -0.1) is 11.3 Å². The van der Waals surface area contributed by atoms with Crippen molar-refractivity contribution in [2.45, 2.75) is 32.9 Å². The summed E-state index contributed by atoms with van der Waals surface area (Å²) in [4.78, 5) is 32.2. The van der Waals surface area contributed by atoms with E-state index in [-0.39, 0.29) is 5.91 Å². The van der Waals surface area contributed by atoms with E-state index in [1.165, 1.54) is 16.9 Å². The van der Waals surface area contributed by atoms with Crippen LogP contribution in [0.1, 0.15) is 33.4 Å². The van der Waals surface area contributed by atoms with Crippen LogP contribution >= 0.6 is 11.3 Å². The number of ether oxygens (including phenoxy) is 1. The number of aryl methyl sites for hydroxylation is 1. The summed E-state index contributed by atoms with van der Waals surface area (Å²) in [5.74, 6) is -0.668. The van der Waals surface area contributed by atoms with Gasteiger partial charge in [-0.05, 0) is 31.4 Å². The van der Waals surface area contributed by atoms with Crippen LogP contribution in [-0.2, 0) is 22.5 Å². The highest BCUT2D eigenvalue weighted by molar-refractivity contribution is 7.17. The van der Waals surface area contributed by atoms with Crippen LogP contribution in [0.5, 0.6) is 0 Å². The molecule has 1 amide bonds. The van der Waals surface area contributed by atoms with Gasteiger partial charge >= 0.3 is 5.97 Å². The summed E-state index contributed by atoms with van der Waals surface area (Å²) in [6.07, 6.45) is -0.0220. The fraction of sp³-hybridized carbons (Fsp3) is 0.261. The Hall–Kier alpha value is -2.99. The predicted molar refractivity (Wildman–Crippen MR) is 113 cm³/mol. The van der Waals surface area contributed by atoms with Crippen LogP contribution in [0.3, 0.4) is 0 Å². The number of rotatable bonds is 4. The summed E-state index contributed by atoms with van der Waals surface area (Å²) in [6.45, 7) is 4.60. The number of hydrogen-bond donors (Lipinski definition) is 0. The van der Waals surface area contributed by atoms with E-state index in [0.717, 1.165) is 22.6 Å². The molecule has 4 rings (SSSR count). The van der Waals surface area contributed by atoms with Gasteiger partial charge < -0.3 is 9.64 Å². The fourth-order valence-electron chi connectivity index (χ4n) is 3.50. The minimum atomic E-state index is -0.838. The molecule has 0 spiro atoms. The molecule has 0 radical (unpaired) electrons. The first kappa shape index (κ1) is 19.3. The number of thiazole rings is 1. The molecule has 3 aromatic rings. The van der Waals surface area contributed by atoms with Crippen molar-refractivity contribution in [2.75, 3.05) is 6.54 Å². The van der Waals surface area contributed by atoms with Crippen LogP contribution in [0.2, 0.25) is 0 Å². The first-order chi connectivity index (χ1) is 14.0. The molecule has 0 bridgehead atoms. The van der Waals surface area contributed by atoms with Crippen molar-refractivity contribution < 1.29 is 14.3 Å². The van der Waals surface area contributed by atoms with Crippen molar-refractivity contribution in [3.63, 3.8) is 0 Å². The number of fused-ring (bicyclic) bond motifs is 1. The van der Waals surface area contributed by atoms with E-state index < -0.39 is 12.1 Å². The Morgan fingerprint density at radius 1 is 1.07 bits per heavy atom. The molecule has 1 aliphatic heterocycles. The number of nitrogens with zero attached hydrogens (tertiary/aromatic N) is 2. The molecule has 1 aromatic heterocycles. The van der Waals surface area contributed by atoms with Gasteiger partial charge in [-0.25, -0.2) is 9.78 Å². The largest absolute Gasteiger partial charge is 0.448 e. The number of hydrogen-bond acceptors (Lipinski definition) is 5. The van der Waals surface area contributed by atoms with Gasteiger partial charge in [-0.1, -0.05) is 54.6 Å². The lowest BCUT2D eigenvalue weighted by Crippen LogP contribution is -2.42. The monoisotopic (exact) mass is 406 g/mol. The van der Waals surface area contributed by atoms with Crippen LogP contribution in [0.4, 0.5) is 0 Å². The molecule has 0 fully saturated rings. The molecule has 0 saturated carbocycles. The second-order valence-corrected chi connectivity index (χ2v) is 8.12. The SMILES string of the molecule is Cc1nc(-c2ccccc2)sc1C(=O)O[C@@H](C)C(=O)N1CCc2ccccc2C1. The fourth-order valence-corrected chi connectivity index (χ4v) is 4.45. The average Bonchev–Trinajstić information content (AvgIpc) is 3.15. The molecule has 6 heteroatoms. The Morgan fingerprint density at radius 2 is 1.76 bits per heavy atom. The molecule has 1 atom stereocenters. The Balaban J connectivity index is 1.43. The van der Waals surface area contributed by atoms with Gasteiger partial charge in [0.05, 0.1) is 5.69 Å². The summed E-state index contributed by atoms with van der Waals surface area (Å²) in [5, 5.41) is 0.765. The summed E-state index contributed by atoms with van der Waals surface area (Å²) < 4.78 is 5.51. The maximum Gasteiger partial charge on any atom is 0.351 e. The first-order valence-corrected chi connectivity index (χ1v) is 10.4. The molecular weight excluding hydrogens is 384 g/mol. The molecule has 2 heterocycles. The molecule has 148 valence electrons. The quantitative estimate of drug-likeness (QED) is 0.608. The molecule has 2 aromatic carbocycles. The van der Waals surface area contributed by atoms with Gasteiger partial charge in [0.2, 0.25) is 0 Å². The molecule has 0 aliphatic carbocycles. The zero-order valence-electron chi connectivity index (χ0n) is 16.4. The van der Waals surface area contributed by atoms with E-state index in [4.69, 9.17) is 4.74 Å². The van der Waals surface area contributed by atoms with Crippen LogP contribution < -0.4 is 0 Å². The summed E-state index contributed by atoms with van der Waals surface area (Å²) >= 11 is 1.29. The lowest BCUT2D eigenvalue weighted by atomic mass is 9.99. The smallest absolute Gasteiger partial charge is 0.351 e. The van der Waals surface area contributed by atoms with Crippen LogP contribution in [0.25, 0.3) is 10.6 Å².